The average Bonchev–Trinajstić information content (AvgIpc) is 2.73. The van der Waals surface area contributed by atoms with Gasteiger partial charge in [-0.25, -0.2) is 4.39 Å². The second-order valence-electron chi connectivity index (χ2n) is 7.48. The maximum absolute atomic E-state index is 13.9. The van der Waals surface area contributed by atoms with E-state index in [1.165, 1.54) is 12.1 Å². The predicted octanol–water partition coefficient (Wildman–Crippen LogP) is 7.04. The van der Waals surface area contributed by atoms with Crippen LogP contribution in [0, 0.1) is 19.7 Å². The molecule has 0 radical (unpaired) electrons. The zero-order chi connectivity index (χ0) is 21.4. The number of fused-ring (bicyclic) bond motifs is 1. The van der Waals surface area contributed by atoms with Gasteiger partial charge in [0.1, 0.15) is 17.2 Å². The zero-order valence-electron chi connectivity index (χ0n) is 16.9. The highest BCUT2D eigenvalue weighted by Crippen LogP contribution is 2.32. The minimum atomic E-state index is -0.489. The first-order valence-corrected chi connectivity index (χ1v) is 10.1. The third-order valence-corrected chi connectivity index (χ3v) is 5.50. The monoisotopic (exact) mass is 421 g/mol. The summed E-state index contributed by atoms with van der Waals surface area (Å²) in [6.45, 7) is 5.67. The van der Waals surface area contributed by atoms with Crippen molar-refractivity contribution in [3.63, 3.8) is 0 Å². The summed E-state index contributed by atoms with van der Waals surface area (Å²) in [6.07, 6.45) is 0. The molecule has 4 aromatic rings. The summed E-state index contributed by atoms with van der Waals surface area (Å²) in [7, 11) is 0. The average molecular weight is 422 g/mol. The number of hydrogen-bond acceptors (Lipinski definition) is 3. The van der Waals surface area contributed by atoms with E-state index in [0.29, 0.717) is 28.0 Å². The number of rotatable bonds is 4. The van der Waals surface area contributed by atoms with Crippen LogP contribution in [0.2, 0.25) is 5.02 Å². The van der Waals surface area contributed by atoms with E-state index in [1.54, 1.807) is 13.0 Å². The van der Waals surface area contributed by atoms with Gasteiger partial charge in [-0.05, 0) is 50.6 Å². The second-order valence-corrected chi connectivity index (χ2v) is 7.88. The van der Waals surface area contributed by atoms with Crippen LogP contribution < -0.4 is 10.7 Å². The highest BCUT2D eigenvalue weighted by Gasteiger charge is 2.19. The molecule has 0 aliphatic carbocycles. The molecule has 1 heterocycles. The van der Waals surface area contributed by atoms with E-state index in [9.17, 15) is 9.18 Å². The lowest BCUT2D eigenvalue weighted by atomic mass is 9.99. The lowest BCUT2D eigenvalue weighted by Crippen LogP contribution is -2.12. The lowest BCUT2D eigenvalue weighted by molar-refractivity contribution is 0.605. The Bertz CT molecular complexity index is 1300. The Morgan fingerprint density at radius 2 is 1.77 bits per heavy atom. The van der Waals surface area contributed by atoms with Crippen LogP contribution in [0.1, 0.15) is 29.7 Å². The highest BCUT2D eigenvalue weighted by molar-refractivity contribution is 6.30. The topological polar surface area (TPSA) is 42.2 Å². The maximum Gasteiger partial charge on any atom is 0.196 e. The molecule has 3 aromatic carbocycles. The van der Waals surface area contributed by atoms with Crippen LogP contribution in [0.3, 0.4) is 0 Å². The van der Waals surface area contributed by atoms with Gasteiger partial charge < -0.3 is 9.73 Å². The quantitative estimate of drug-likeness (QED) is 0.384. The van der Waals surface area contributed by atoms with E-state index >= 15 is 0 Å². The van der Waals surface area contributed by atoms with E-state index < -0.39 is 5.82 Å². The van der Waals surface area contributed by atoms with Crippen molar-refractivity contribution in [1.82, 2.24) is 0 Å². The van der Waals surface area contributed by atoms with Crippen LogP contribution in [0.4, 0.5) is 10.1 Å². The summed E-state index contributed by atoms with van der Waals surface area (Å²) in [6, 6.07) is 17.8. The Morgan fingerprint density at radius 3 is 2.47 bits per heavy atom. The molecule has 1 atom stereocenters. The summed E-state index contributed by atoms with van der Waals surface area (Å²) >= 11 is 5.79. The van der Waals surface area contributed by atoms with Crippen LogP contribution in [0.25, 0.3) is 22.3 Å². The lowest BCUT2D eigenvalue weighted by Gasteiger charge is -2.19. The number of benzene rings is 3. The molecule has 3 nitrogen and oxygen atoms in total. The largest absolute Gasteiger partial charge is 0.455 e. The third-order valence-electron chi connectivity index (χ3n) is 5.20. The Balaban J connectivity index is 1.87. The third kappa shape index (κ3) is 3.71. The van der Waals surface area contributed by atoms with E-state index in [-0.39, 0.29) is 16.5 Å². The van der Waals surface area contributed by atoms with Crippen LogP contribution in [-0.4, -0.2) is 0 Å². The minimum Gasteiger partial charge on any atom is -0.455 e. The van der Waals surface area contributed by atoms with Gasteiger partial charge in [0, 0.05) is 22.4 Å². The fourth-order valence-electron chi connectivity index (χ4n) is 3.67. The summed E-state index contributed by atoms with van der Waals surface area (Å²) in [5.41, 5.74) is 4.28. The van der Waals surface area contributed by atoms with Crippen LogP contribution in [0.15, 0.2) is 69.9 Å². The van der Waals surface area contributed by atoms with Crippen molar-refractivity contribution < 1.29 is 8.81 Å². The van der Waals surface area contributed by atoms with Crippen molar-refractivity contribution in [1.29, 1.82) is 0 Å². The van der Waals surface area contributed by atoms with Gasteiger partial charge in [0.25, 0.3) is 0 Å². The van der Waals surface area contributed by atoms with Crippen molar-refractivity contribution in [2.45, 2.75) is 26.8 Å². The van der Waals surface area contributed by atoms with Crippen molar-refractivity contribution in [3.05, 3.63) is 98.4 Å². The molecule has 0 saturated carbocycles. The van der Waals surface area contributed by atoms with Crippen molar-refractivity contribution in [2.24, 2.45) is 0 Å². The van der Waals surface area contributed by atoms with Gasteiger partial charge in [0.2, 0.25) is 0 Å². The summed E-state index contributed by atoms with van der Waals surface area (Å²) in [5.74, 6) is 0.0689. The Hall–Kier alpha value is -3.11. The highest BCUT2D eigenvalue weighted by atomic mass is 35.5. The smallest absolute Gasteiger partial charge is 0.196 e. The normalized spacial score (nSPS) is 12.2. The molecule has 0 aliphatic rings. The number of hydrogen-bond donors (Lipinski definition) is 1. The molecule has 152 valence electrons. The summed E-state index contributed by atoms with van der Waals surface area (Å²) in [4.78, 5) is 13.1. The molecule has 0 unspecified atom stereocenters. The number of aryl methyl sites for hydroxylation is 1. The molecule has 5 heteroatoms. The first-order chi connectivity index (χ1) is 14.3. The van der Waals surface area contributed by atoms with Crippen LogP contribution >= 0.6 is 11.6 Å². The second kappa shape index (κ2) is 7.96. The van der Waals surface area contributed by atoms with Crippen molar-refractivity contribution in [2.75, 3.05) is 5.32 Å². The standard InChI is InChI=1S/C25H21ClFNO2/c1-14-11-19(16(3)28-18-9-10-21(26)22(27)13-18)25-20(12-14)23(29)15(2)24(30-25)17-7-5-4-6-8-17/h4-13,16,28H,1-3H3/t16-/m1/s1. The molecule has 0 spiro atoms. The van der Waals surface area contributed by atoms with Crippen molar-refractivity contribution >= 4 is 28.3 Å². The van der Waals surface area contributed by atoms with Gasteiger partial charge >= 0.3 is 0 Å². The maximum atomic E-state index is 13.9. The van der Waals surface area contributed by atoms with Gasteiger partial charge in [-0.1, -0.05) is 48.0 Å². The number of nitrogens with one attached hydrogen (secondary N) is 1. The van der Waals surface area contributed by atoms with E-state index in [0.717, 1.165) is 16.7 Å². The van der Waals surface area contributed by atoms with Gasteiger partial charge in [-0.2, -0.15) is 0 Å². The van der Waals surface area contributed by atoms with Gasteiger partial charge in [0.15, 0.2) is 5.43 Å². The van der Waals surface area contributed by atoms with E-state index in [1.807, 2.05) is 56.3 Å². The van der Waals surface area contributed by atoms with Gasteiger partial charge in [-0.3, -0.25) is 4.79 Å². The SMILES string of the molecule is Cc1cc([C@@H](C)Nc2ccc(Cl)c(F)c2)c2oc(-c3ccccc3)c(C)c(=O)c2c1. The molecular weight excluding hydrogens is 401 g/mol. The molecule has 1 aromatic heterocycles. The molecule has 0 bridgehead atoms. The Morgan fingerprint density at radius 1 is 1.03 bits per heavy atom. The van der Waals surface area contributed by atoms with Gasteiger partial charge in [-0.15, -0.1) is 0 Å². The summed E-state index contributed by atoms with van der Waals surface area (Å²) in [5, 5.41) is 3.89. The van der Waals surface area contributed by atoms with E-state index in [4.69, 9.17) is 16.0 Å². The summed E-state index contributed by atoms with van der Waals surface area (Å²) < 4.78 is 20.2. The first-order valence-electron chi connectivity index (χ1n) is 9.70. The fraction of sp³-hybridized carbons (Fsp3) is 0.160. The van der Waals surface area contributed by atoms with Gasteiger partial charge in [0.05, 0.1) is 16.5 Å². The molecule has 1 N–H and O–H groups in total. The number of anilines is 1. The minimum absolute atomic E-state index is 0.0511. The molecule has 4 rings (SSSR count). The number of halogens is 2. The Kier molecular flexibility index (Phi) is 5.35. The molecular formula is C25H21ClFNO2. The fourth-order valence-corrected chi connectivity index (χ4v) is 3.79. The zero-order valence-corrected chi connectivity index (χ0v) is 17.7. The van der Waals surface area contributed by atoms with E-state index in [2.05, 4.69) is 5.32 Å². The molecule has 0 saturated heterocycles. The van der Waals surface area contributed by atoms with Crippen LogP contribution in [0.5, 0.6) is 0 Å². The van der Waals surface area contributed by atoms with Crippen LogP contribution in [-0.2, 0) is 0 Å². The Labute approximate surface area is 179 Å². The predicted molar refractivity (Wildman–Crippen MR) is 121 cm³/mol. The molecule has 30 heavy (non-hydrogen) atoms. The first kappa shape index (κ1) is 20.2. The molecule has 0 fully saturated rings. The molecule has 0 aliphatic heterocycles. The van der Waals surface area contributed by atoms with Crippen molar-refractivity contribution in [3.8, 4) is 11.3 Å². The molecule has 0 amide bonds.